The lowest BCUT2D eigenvalue weighted by Crippen LogP contribution is -1.97. The van der Waals surface area contributed by atoms with Gasteiger partial charge in [0.1, 0.15) is 11.5 Å². The van der Waals surface area contributed by atoms with Crippen molar-refractivity contribution in [3.63, 3.8) is 0 Å². The van der Waals surface area contributed by atoms with Gasteiger partial charge in [0.2, 0.25) is 0 Å². The van der Waals surface area contributed by atoms with Crippen molar-refractivity contribution in [1.82, 2.24) is 4.98 Å². The van der Waals surface area contributed by atoms with Crippen molar-refractivity contribution in [1.29, 1.82) is 0 Å². The molecule has 0 aliphatic rings. The molecule has 0 saturated carbocycles. The molecule has 1 heterocycles. The normalized spacial score (nSPS) is 9.57. The molecule has 0 spiro atoms. The number of pyridine rings is 1. The molecular weight excluding hydrogens is 178 g/mol. The van der Waals surface area contributed by atoms with Crippen LogP contribution in [0.25, 0.3) is 5.76 Å². The number of rotatable bonds is 4. The highest BCUT2D eigenvalue weighted by atomic mass is 16.5. The van der Waals surface area contributed by atoms with E-state index in [9.17, 15) is 4.79 Å². The summed E-state index contributed by atoms with van der Waals surface area (Å²) >= 11 is 0. The van der Waals surface area contributed by atoms with E-state index in [2.05, 4.69) is 11.6 Å². The van der Waals surface area contributed by atoms with E-state index < -0.39 is 0 Å². The predicted octanol–water partition coefficient (Wildman–Crippen LogP) is 2.29. The molecular formula is C11H13NO2. The maximum absolute atomic E-state index is 10.9. The molecule has 0 fully saturated rings. The molecule has 0 unspecified atom stereocenters. The number of hydrogen-bond acceptors (Lipinski definition) is 3. The van der Waals surface area contributed by atoms with E-state index in [-0.39, 0.29) is 5.78 Å². The van der Waals surface area contributed by atoms with Crippen LogP contribution in [0, 0.1) is 0 Å². The summed E-state index contributed by atoms with van der Waals surface area (Å²) in [6, 6.07) is 3.45. The maximum atomic E-state index is 10.9. The Labute approximate surface area is 83.4 Å². The van der Waals surface area contributed by atoms with Gasteiger partial charge in [-0.05, 0) is 19.1 Å². The van der Waals surface area contributed by atoms with Crippen LogP contribution in [0.3, 0.4) is 0 Å². The standard InChI is InChI=1S/C11H13NO2/c1-4-14-9(3)10-5-6-11(8(2)13)12-7-10/h5-7H,3-4H2,1-2H3. The van der Waals surface area contributed by atoms with Gasteiger partial charge < -0.3 is 4.74 Å². The quantitative estimate of drug-likeness (QED) is 0.541. The molecule has 3 nitrogen and oxygen atoms in total. The van der Waals surface area contributed by atoms with E-state index in [0.29, 0.717) is 18.1 Å². The SMILES string of the molecule is C=C(OCC)c1ccc(C(C)=O)nc1. The Bertz CT molecular complexity index is 341. The number of nitrogens with zero attached hydrogens (tertiary/aromatic N) is 1. The molecule has 0 N–H and O–H groups in total. The molecule has 0 aliphatic heterocycles. The van der Waals surface area contributed by atoms with Gasteiger partial charge in [0.05, 0.1) is 6.61 Å². The van der Waals surface area contributed by atoms with Crippen molar-refractivity contribution < 1.29 is 9.53 Å². The van der Waals surface area contributed by atoms with E-state index in [1.165, 1.54) is 6.92 Å². The fourth-order valence-electron chi connectivity index (χ4n) is 1.02. The van der Waals surface area contributed by atoms with Crippen LogP contribution in [-0.4, -0.2) is 17.4 Å². The Morgan fingerprint density at radius 3 is 2.71 bits per heavy atom. The molecule has 14 heavy (non-hydrogen) atoms. The fourth-order valence-corrected chi connectivity index (χ4v) is 1.02. The molecule has 1 rings (SSSR count). The Hall–Kier alpha value is -1.64. The van der Waals surface area contributed by atoms with Gasteiger partial charge in [-0.1, -0.05) is 6.58 Å². The summed E-state index contributed by atoms with van der Waals surface area (Å²) < 4.78 is 5.21. The van der Waals surface area contributed by atoms with Gasteiger partial charge in [-0.25, -0.2) is 0 Å². The maximum Gasteiger partial charge on any atom is 0.178 e. The summed E-state index contributed by atoms with van der Waals surface area (Å²) in [6.07, 6.45) is 1.59. The number of hydrogen-bond donors (Lipinski definition) is 0. The highest BCUT2D eigenvalue weighted by molar-refractivity contribution is 5.92. The van der Waals surface area contributed by atoms with Gasteiger partial charge in [-0.15, -0.1) is 0 Å². The van der Waals surface area contributed by atoms with Gasteiger partial charge in [0, 0.05) is 18.7 Å². The monoisotopic (exact) mass is 191 g/mol. The molecule has 0 atom stereocenters. The van der Waals surface area contributed by atoms with E-state index in [1.54, 1.807) is 18.3 Å². The van der Waals surface area contributed by atoms with Crippen molar-refractivity contribution in [2.24, 2.45) is 0 Å². The summed E-state index contributed by atoms with van der Waals surface area (Å²) in [4.78, 5) is 14.9. The van der Waals surface area contributed by atoms with Crippen LogP contribution in [-0.2, 0) is 4.74 Å². The zero-order valence-electron chi connectivity index (χ0n) is 8.41. The van der Waals surface area contributed by atoms with Gasteiger partial charge >= 0.3 is 0 Å². The molecule has 3 heteroatoms. The molecule has 0 saturated heterocycles. The van der Waals surface area contributed by atoms with Crippen molar-refractivity contribution in [2.45, 2.75) is 13.8 Å². The van der Waals surface area contributed by atoms with Crippen LogP contribution in [0.1, 0.15) is 29.9 Å². The summed E-state index contributed by atoms with van der Waals surface area (Å²) in [6.45, 7) is 7.70. The van der Waals surface area contributed by atoms with Crippen LogP contribution < -0.4 is 0 Å². The molecule has 0 radical (unpaired) electrons. The van der Waals surface area contributed by atoms with E-state index in [1.807, 2.05) is 6.92 Å². The lowest BCUT2D eigenvalue weighted by molar-refractivity contribution is 0.101. The summed E-state index contributed by atoms with van der Waals surface area (Å²) in [5.74, 6) is 0.536. The first kappa shape index (κ1) is 10.4. The summed E-state index contributed by atoms with van der Waals surface area (Å²) in [7, 11) is 0. The first-order valence-corrected chi connectivity index (χ1v) is 4.44. The van der Waals surface area contributed by atoms with Crippen LogP contribution in [0.2, 0.25) is 0 Å². The van der Waals surface area contributed by atoms with Gasteiger partial charge in [-0.2, -0.15) is 0 Å². The number of carbonyl (C=O) groups excluding carboxylic acids is 1. The van der Waals surface area contributed by atoms with Crippen LogP contribution >= 0.6 is 0 Å². The molecule has 0 aromatic carbocycles. The van der Waals surface area contributed by atoms with Crippen molar-refractivity contribution in [3.05, 3.63) is 36.2 Å². The zero-order valence-corrected chi connectivity index (χ0v) is 8.41. The molecule has 1 aromatic rings. The van der Waals surface area contributed by atoms with Crippen molar-refractivity contribution in [3.8, 4) is 0 Å². The highest BCUT2D eigenvalue weighted by Gasteiger charge is 2.03. The second kappa shape index (κ2) is 4.56. The molecule has 0 amide bonds. The van der Waals surface area contributed by atoms with E-state index in [0.717, 1.165) is 5.56 Å². The minimum atomic E-state index is -0.0430. The fraction of sp³-hybridized carbons (Fsp3) is 0.273. The summed E-state index contributed by atoms with van der Waals surface area (Å²) in [5.41, 5.74) is 1.26. The number of Topliss-reactive ketones (excluding diaryl/α,β-unsaturated/α-hetero) is 1. The third kappa shape index (κ3) is 2.42. The second-order valence-electron chi connectivity index (χ2n) is 2.84. The number of ether oxygens (including phenoxy) is 1. The zero-order chi connectivity index (χ0) is 10.6. The number of ketones is 1. The largest absolute Gasteiger partial charge is 0.494 e. The summed E-state index contributed by atoms with van der Waals surface area (Å²) in [5, 5.41) is 0. The first-order chi connectivity index (χ1) is 6.65. The van der Waals surface area contributed by atoms with Gasteiger partial charge in [0.25, 0.3) is 0 Å². The number of carbonyl (C=O) groups is 1. The molecule has 0 bridgehead atoms. The smallest absolute Gasteiger partial charge is 0.178 e. The van der Waals surface area contributed by atoms with Crippen LogP contribution in [0.15, 0.2) is 24.9 Å². The highest BCUT2D eigenvalue weighted by Crippen LogP contribution is 2.12. The minimum Gasteiger partial charge on any atom is -0.494 e. The minimum absolute atomic E-state index is 0.0430. The van der Waals surface area contributed by atoms with Gasteiger partial charge in [0.15, 0.2) is 5.78 Å². The van der Waals surface area contributed by atoms with Gasteiger partial charge in [-0.3, -0.25) is 9.78 Å². The van der Waals surface area contributed by atoms with E-state index >= 15 is 0 Å². The van der Waals surface area contributed by atoms with Crippen LogP contribution in [0.4, 0.5) is 0 Å². The van der Waals surface area contributed by atoms with Crippen LogP contribution in [0.5, 0.6) is 0 Å². The molecule has 0 aliphatic carbocycles. The Morgan fingerprint density at radius 2 is 2.29 bits per heavy atom. The second-order valence-corrected chi connectivity index (χ2v) is 2.84. The van der Waals surface area contributed by atoms with E-state index in [4.69, 9.17) is 4.74 Å². The lowest BCUT2D eigenvalue weighted by atomic mass is 10.2. The molecule has 74 valence electrons. The van der Waals surface area contributed by atoms with Crippen molar-refractivity contribution in [2.75, 3.05) is 6.61 Å². The Balaban J connectivity index is 2.83. The third-order valence-electron chi connectivity index (χ3n) is 1.76. The van der Waals surface area contributed by atoms with Crippen molar-refractivity contribution >= 4 is 11.5 Å². The number of aromatic nitrogens is 1. The Morgan fingerprint density at radius 1 is 1.57 bits per heavy atom. The predicted molar refractivity (Wildman–Crippen MR) is 54.9 cm³/mol. The first-order valence-electron chi connectivity index (χ1n) is 4.44. The lowest BCUT2D eigenvalue weighted by Gasteiger charge is -2.06. The third-order valence-corrected chi connectivity index (χ3v) is 1.76. The molecule has 1 aromatic heterocycles. The average Bonchev–Trinajstić information content (AvgIpc) is 2.18. The topological polar surface area (TPSA) is 39.2 Å². The average molecular weight is 191 g/mol. The Kier molecular flexibility index (Phi) is 3.40.